The van der Waals surface area contributed by atoms with Gasteiger partial charge in [-0.3, -0.25) is 29.4 Å². The van der Waals surface area contributed by atoms with Crippen molar-refractivity contribution in [3.63, 3.8) is 0 Å². The van der Waals surface area contributed by atoms with Gasteiger partial charge in [-0.1, -0.05) is 0 Å². The second-order valence-corrected chi connectivity index (χ2v) is 8.41. The molecule has 31 heavy (non-hydrogen) atoms. The molecule has 0 saturated carbocycles. The van der Waals surface area contributed by atoms with Gasteiger partial charge in [-0.05, 0) is 20.3 Å². The number of hydrogen-bond donors (Lipinski definition) is 2. The Labute approximate surface area is 177 Å². The molecule has 3 heterocycles. The van der Waals surface area contributed by atoms with Gasteiger partial charge in [0.05, 0.1) is 11.7 Å². The lowest BCUT2D eigenvalue weighted by molar-refractivity contribution is -0.141. The van der Waals surface area contributed by atoms with Crippen LogP contribution in [0.2, 0.25) is 0 Å². The largest absolute Gasteiger partial charge is 0.361 e. The van der Waals surface area contributed by atoms with Crippen molar-refractivity contribution >= 4 is 29.6 Å². The van der Waals surface area contributed by atoms with Crippen molar-refractivity contribution in [2.24, 2.45) is 0 Å². The third-order valence-corrected chi connectivity index (χ3v) is 6.38. The monoisotopic (exact) mass is 434 g/mol. The van der Waals surface area contributed by atoms with Crippen LogP contribution in [0.5, 0.6) is 0 Å². The number of carbonyl (C=O) groups is 4. The SMILES string of the molecule is CC1CNCC(C)N1c1c(F)cc(F)c2c1C(C(=O)C=O)N(C1CCC(=O)NC1=O)C2. The lowest BCUT2D eigenvalue weighted by atomic mass is 9.94. The summed E-state index contributed by atoms with van der Waals surface area (Å²) in [5.74, 6) is -3.57. The minimum atomic E-state index is -1.30. The summed E-state index contributed by atoms with van der Waals surface area (Å²) in [4.78, 5) is 51.5. The van der Waals surface area contributed by atoms with Gasteiger partial charge >= 0.3 is 0 Å². The second kappa shape index (κ2) is 8.08. The van der Waals surface area contributed by atoms with Gasteiger partial charge in [-0.25, -0.2) is 8.78 Å². The molecule has 2 amide bonds. The number of piperidine rings is 1. The molecule has 3 aliphatic rings. The van der Waals surface area contributed by atoms with Gasteiger partial charge in [0.25, 0.3) is 0 Å². The number of anilines is 1. The molecule has 4 atom stereocenters. The van der Waals surface area contributed by atoms with Crippen molar-refractivity contribution in [1.29, 1.82) is 0 Å². The first-order chi connectivity index (χ1) is 14.7. The van der Waals surface area contributed by atoms with E-state index in [1.807, 2.05) is 18.7 Å². The highest BCUT2D eigenvalue weighted by Gasteiger charge is 2.47. The first-order valence-corrected chi connectivity index (χ1v) is 10.3. The molecular weight excluding hydrogens is 410 g/mol. The van der Waals surface area contributed by atoms with Gasteiger partial charge < -0.3 is 10.2 Å². The number of aldehydes is 1. The smallest absolute Gasteiger partial charge is 0.243 e. The number of rotatable bonds is 4. The molecule has 0 radical (unpaired) electrons. The summed E-state index contributed by atoms with van der Waals surface area (Å²) >= 11 is 0. The van der Waals surface area contributed by atoms with Crippen LogP contribution in [0.15, 0.2) is 6.07 Å². The minimum Gasteiger partial charge on any atom is -0.361 e. The van der Waals surface area contributed by atoms with E-state index in [1.165, 1.54) is 4.90 Å². The van der Waals surface area contributed by atoms with Crippen LogP contribution in [0.25, 0.3) is 0 Å². The van der Waals surface area contributed by atoms with E-state index in [-0.39, 0.29) is 54.6 Å². The number of piperazine rings is 1. The van der Waals surface area contributed by atoms with Gasteiger partial charge in [0.2, 0.25) is 17.6 Å². The lowest BCUT2D eigenvalue weighted by Crippen LogP contribution is -2.56. The van der Waals surface area contributed by atoms with Crippen molar-refractivity contribution in [2.75, 3.05) is 18.0 Å². The minimum absolute atomic E-state index is 0.0564. The van der Waals surface area contributed by atoms with Crippen LogP contribution in [-0.2, 0) is 25.7 Å². The first-order valence-electron chi connectivity index (χ1n) is 10.3. The Kier molecular flexibility index (Phi) is 5.61. The standard InChI is InChI=1S/C21H24F2N4O4/c1-10-6-24-7-11(2)27(10)19-14(23)5-13(22)12-8-26(20(18(12)19)16(29)9-28)15-3-4-17(30)25-21(15)31/h5,9-11,15,20,24H,3-4,6-8H2,1-2H3,(H,25,30,31). The molecule has 3 aliphatic heterocycles. The van der Waals surface area contributed by atoms with Gasteiger partial charge in [-0.15, -0.1) is 0 Å². The predicted molar refractivity (Wildman–Crippen MR) is 106 cm³/mol. The van der Waals surface area contributed by atoms with Crippen LogP contribution in [-0.4, -0.2) is 60.0 Å². The van der Waals surface area contributed by atoms with Gasteiger partial charge in [-0.2, -0.15) is 0 Å². The zero-order chi connectivity index (χ0) is 22.4. The number of benzene rings is 1. The first kappa shape index (κ1) is 21.5. The molecule has 8 nitrogen and oxygen atoms in total. The van der Waals surface area contributed by atoms with Crippen LogP contribution in [0, 0.1) is 11.6 Å². The zero-order valence-electron chi connectivity index (χ0n) is 17.3. The fourth-order valence-corrected chi connectivity index (χ4v) is 5.06. The number of hydrogen-bond acceptors (Lipinski definition) is 7. The number of amides is 2. The summed E-state index contributed by atoms with van der Waals surface area (Å²) < 4.78 is 30.1. The van der Waals surface area contributed by atoms with E-state index in [0.29, 0.717) is 13.1 Å². The van der Waals surface area contributed by atoms with Crippen molar-refractivity contribution in [2.45, 2.75) is 57.4 Å². The molecule has 2 N–H and O–H groups in total. The Morgan fingerprint density at radius 3 is 2.45 bits per heavy atom. The summed E-state index contributed by atoms with van der Waals surface area (Å²) in [6.07, 6.45) is 0.303. The van der Waals surface area contributed by atoms with Gasteiger partial charge in [0.15, 0.2) is 6.29 Å². The highest BCUT2D eigenvalue weighted by atomic mass is 19.1. The maximum Gasteiger partial charge on any atom is 0.243 e. The van der Waals surface area contributed by atoms with Crippen molar-refractivity contribution in [3.8, 4) is 0 Å². The average Bonchev–Trinajstić information content (AvgIpc) is 3.10. The number of imide groups is 1. The Bertz CT molecular complexity index is 959. The molecule has 2 saturated heterocycles. The molecule has 4 unspecified atom stereocenters. The quantitative estimate of drug-likeness (QED) is 0.406. The van der Waals surface area contributed by atoms with E-state index in [9.17, 15) is 23.6 Å². The Morgan fingerprint density at radius 2 is 1.84 bits per heavy atom. The normalized spacial score (nSPS) is 29.0. The lowest BCUT2D eigenvalue weighted by Gasteiger charge is -2.43. The maximum absolute atomic E-state index is 15.2. The second-order valence-electron chi connectivity index (χ2n) is 8.41. The average molecular weight is 434 g/mol. The summed E-state index contributed by atoms with van der Waals surface area (Å²) in [5, 5.41) is 5.46. The van der Waals surface area contributed by atoms with Crippen LogP contribution >= 0.6 is 0 Å². The number of nitrogens with one attached hydrogen (secondary N) is 2. The third-order valence-electron chi connectivity index (χ3n) is 6.38. The number of Topliss-reactive ketones (excluding diaryl/α,β-unsaturated/α-hetero) is 1. The predicted octanol–water partition coefficient (Wildman–Crippen LogP) is 0.581. The van der Waals surface area contributed by atoms with E-state index in [1.54, 1.807) is 0 Å². The number of carbonyl (C=O) groups excluding carboxylic acids is 4. The summed E-state index contributed by atoms with van der Waals surface area (Å²) in [7, 11) is 0. The maximum atomic E-state index is 15.2. The molecule has 10 heteroatoms. The number of ketones is 1. The van der Waals surface area contributed by atoms with E-state index in [4.69, 9.17) is 0 Å². The van der Waals surface area contributed by atoms with Crippen molar-refractivity contribution in [3.05, 3.63) is 28.8 Å². The van der Waals surface area contributed by atoms with Crippen molar-refractivity contribution in [1.82, 2.24) is 15.5 Å². The van der Waals surface area contributed by atoms with Gasteiger partial charge in [0, 0.05) is 55.3 Å². The molecule has 0 bridgehead atoms. The van der Waals surface area contributed by atoms with Crippen molar-refractivity contribution < 1.29 is 28.0 Å². The van der Waals surface area contributed by atoms with E-state index in [2.05, 4.69) is 10.6 Å². The molecule has 1 aromatic rings. The van der Waals surface area contributed by atoms with Crippen LogP contribution in [0.1, 0.15) is 43.9 Å². The zero-order valence-corrected chi connectivity index (χ0v) is 17.3. The molecule has 2 fully saturated rings. The fraction of sp³-hybridized carbons (Fsp3) is 0.524. The van der Waals surface area contributed by atoms with Crippen LogP contribution in [0.3, 0.4) is 0 Å². The summed E-state index contributed by atoms with van der Waals surface area (Å²) in [6.45, 7) is 4.78. The van der Waals surface area contributed by atoms with E-state index >= 15 is 4.39 Å². The highest BCUT2D eigenvalue weighted by Crippen LogP contribution is 2.46. The topological polar surface area (TPSA) is 98.8 Å². The fourth-order valence-electron chi connectivity index (χ4n) is 5.06. The molecule has 1 aromatic carbocycles. The third kappa shape index (κ3) is 3.53. The number of nitrogens with zero attached hydrogens (tertiary/aromatic N) is 2. The Morgan fingerprint density at radius 1 is 1.16 bits per heavy atom. The molecule has 0 aliphatic carbocycles. The van der Waals surface area contributed by atoms with E-state index < -0.39 is 41.3 Å². The molecule has 0 aromatic heterocycles. The summed E-state index contributed by atoms with van der Waals surface area (Å²) in [6, 6.07) is -1.71. The number of halogens is 2. The Hall–Kier alpha value is -2.72. The summed E-state index contributed by atoms with van der Waals surface area (Å²) in [5.41, 5.74) is 0.284. The number of fused-ring (bicyclic) bond motifs is 1. The molecule has 4 rings (SSSR count). The Balaban J connectivity index is 1.87. The van der Waals surface area contributed by atoms with Crippen LogP contribution < -0.4 is 15.5 Å². The highest BCUT2D eigenvalue weighted by molar-refractivity contribution is 6.28. The molecular formula is C21H24F2N4O4. The molecule has 166 valence electrons. The van der Waals surface area contributed by atoms with Gasteiger partial charge in [0.1, 0.15) is 17.7 Å². The molecule has 0 spiro atoms. The van der Waals surface area contributed by atoms with Crippen LogP contribution in [0.4, 0.5) is 14.5 Å². The van der Waals surface area contributed by atoms with E-state index in [0.717, 1.165) is 6.07 Å².